The second kappa shape index (κ2) is 14.0. The van der Waals surface area contributed by atoms with E-state index in [9.17, 15) is 22.8 Å². The van der Waals surface area contributed by atoms with Crippen LogP contribution in [0, 0.1) is 5.41 Å². The highest BCUT2D eigenvalue weighted by molar-refractivity contribution is 6.03. The number of hydrogen-bond acceptors (Lipinski definition) is 10. The smallest absolute Gasteiger partial charge is 0.418 e. The standard InChI is InChI=1S/C34H38F3N7O5/c1-4-48-27(45)17-49-22-9-10-24(38-16-22)31(46)43-32-41-29-26(44(2)18-33(19-47-3)11-5-6-12-33)14-25(40-30(29)42-32)21-13-23(34(35,36)37)28(39-15-21)20-7-8-20/h9-10,13-16,20H,4-8,11-12,17-19H2,1-3H3,(H2,40,41,42,43,46). The molecule has 0 aliphatic heterocycles. The van der Waals surface area contributed by atoms with Crippen molar-refractivity contribution in [2.75, 3.05) is 50.7 Å². The molecule has 1 amide bonds. The number of alkyl halides is 3. The van der Waals surface area contributed by atoms with Crippen LogP contribution in [0.3, 0.4) is 0 Å². The molecule has 4 heterocycles. The van der Waals surface area contributed by atoms with Crippen molar-refractivity contribution in [1.29, 1.82) is 0 Å². The van der Waals surface area contributed by atoms with Gasteiger partial charge in [0, 0.05) is 43.8 Å². The first-order valence-corrected chi connectivity index (χ1v) is 16.2. The van der Waals surface area contributed by atoms with Crippen molar-refractivity contribution in [3.63, 3.8) is 0 Å². The van der Waals surface area contributed by atoms with Crippen LogP contribution in [-0.2, 0) is 20.4 Å². The zero-order chi connectivity index (χ0) is 34.8. The normalized spacial score (nSPS) is 15.7. The first-order chi connectivity index (χ1) is 23.5. The third-order valence-corrected chi connectivity index (χ3v) is 8.89. The molecule has 260 valence electrons. The minimum absolute atomic E-state index is 0.0548. The Morgan fingerprint density at radius 2 is 1.88 bits per heavy atom. The summed E-state index contributed by atoms with van der Waals surface area (Å²) < 4.78 is 58.2. The van der Waals surface area contributed by atoms with Crippen LogP contribution in [0.4, 0.5) is 24.8 Å². The van der Waals surface area contributed by atoms with E-state index in [4.69, 9.17) is 14.2 Å². The molecule has 0 unspecified atom stereocenters. The van der Waals surface area contributed by atoms with Crippen LogP contribution >= 0.6 is 0 Å². The van der Waals surface area contributed by atoms with Gasteiger partial charge in [-0.15, -0.1) is 0 Å². The van der Waals surface area contributed by atoms with Crippen LogP contribution in [-0.4, -0.2) is 77.3 Å². The highest BCUT2D eigenvalue weighted by Crippen LogP contribution is 2.46. The number of amides is 1. The predicted molar refractivity (Wildman–Crippen MR) is 174 cm³/mol. The van der Waals surface area contributed by atoms with Crippen LogP contribution in [0.1, 0.15) is 73.1 Å². The molecule has 6 rings (SSSR count). The van der Waals surface area contributed by atoms with Gasteiger partial charge in [0.15, 0.2) is 12.3 Å². The first-order valence-electron chi connectivity index (χ1n) is 16.2. The van der Waals surface area contributed by atoms with Crippen LogP contribution in [0.15, 0.2) is 36.7 Å². The highest BCUT2D eigenvalue weighted by Gasteiger charge is 2.40. The van der Waals surface area contributed by atoms with Crippen LogP contribution in [0.2, 0.25) is 0 Å². The molecule has 2 aliphatic carbocycles. The Balaban J connectivity index is 1.32. The summed E-state index contributed by atoms with van der Waals surface area (Å²) in [5, 5.41) is 2.69. The minimum atomic E-state index is -4.57. The summed E-state index contributed by atoms with van der Waals surface area (Å²) in [4.78, 5) is 47.4. The van der Waals surface area contributed by atoms with Crippen LogP contribution in [0.25, 0.3) is 22.4 Å². The Bertz CT molecular complexity index is 1820. The molecule has 4 aromatic rings. The lowest BCUT2D eigenvalue weighted by Crippen LogP contribution is -2.37. The molecule has 12 nitrogen and oxygen atoms in total. The molecule has 0 aromatic carbocycles. The van der Waals surface area contributed by atoms with Gasteiger partial charge in [0.1, 0.15) is 17.0 Å². The summed E-state index contributed by atoms with van der Waals surface area (Å²) in [6.07, 6.45) is 3.68. The number of aromatic amines is 1. The van der Waals surface area contributed by atoms with E-state index in [2.05, 4.69) is 30.2 Å². The van der Waals surface area contributed by atoms with Crippen molar-refractivity contribution in [1.82, 2.24) is 24.9 Å². The Morgan fingerprint density at radius 1 is 1.10 bits per heavy atom. The Labute approximate surface area is 280 Å². The number of H-pyrrole nitrogens is 1. The third kappa shape index (κ3) is 7.77. The lowest BCUT2D eigenvalue weighted by atomic mass is 9.86. The van der Waals surface area contributed by atoms with Crippen molar-refractivity contribution >= 4 is 34.7 Å². The quantitative estimate of drug-likeness (QED) is 0.158. The minimum Gasteiger partial charge on any atom is -0.480 e. The van der Waals surface area contributed by atoms with Gasteiger partial charge in [0.2, 0.25) is 5.95 Å². The van der Waals surface area contributed by atoms with E-state index in [1.54, 1.807) is 20.1 Å². The number of hydrogen-bond donors (Lipinski definition) is 2. The Morgan fingerprint density at radius 3 is 2.53 bits per heavy atom. The number of ether oxygens (including phenoxy) is 3. The van der Waals surface area contributed by atoms with E-state index in [1.807, 2.05) is 11.9 Å². The number of aromatic nitrogens is 5. The van der Waals surface area contributed by atoms with Gasteiger partial charge < -0.3 is 24.1 Å². The number of carbonyl (C=O) groups is 2. The molecule has 49 heavy (non-hydrogen) atoms. The van der Waals surface area contributed by atoms with E-state index in [1.165, 1.54) is 24.5 Å². The number of anilines is 2. The Kier molecular flexibility index (Phi) is 9.72. The largest absolute Gasteiger partial charge is 0.480 e. The second-order valence-electron chi connectivity index (χ2n) is 12.7. The fraction of sp³-hybridized carbons (Fsp3) is 0.471. The highest BCUT2D eigenvalue weighted by atomic mass is 19.4. The van der Waals surface area contributed by atoms with Gasteiger partial charge in [-0.05, 0) is 56.9 Å². The van der Waals surface area contributed by atoms with Crippen molar-refractivity contribution in [2.45, 2.75) is 57.5 Å². The summed E-state index contributed by atoms with van der Waals surface area (Å²) in [6.45, 7) is 2.82. The molecule has 4 aromatic heterocycles. The maximum atomic E-state index is 14.2. The molecule has 15 heteroatoms. The number of nitrogens with one attached hydrogen (secondary N) is 2. The van der Waals surface area contributed by atoms with E-state index in [0.29, 0.717) is 37.2 Å². The fourth-order valence-electron chi connectivity index (χ4n) is 6.49. The van der Waals surface area contributed by atoms with Gasteiger partial charge >= 0.3 is 12.1 Å². The van der Waals surface area contributed by atoms with E-state index >= 15 is 0 Å². The molecule has 0 bridgehead atoms. The van der Waals surface area contributed by atoms with Crippen molar-refractivity contribution in [3.8, 4) is 17.0 Å². The number of rotatable bonds is 13. The topological polar surface area (TPSA) is 144 Å². The number of carbonyl (C=O) groups excluding carboxylic acids is 2. The third-order valence-electron chi connectivity index (χ3n) is 8.89. The molecule has 0 atom stereocenters. The molecule has 2 N–H and O–H groups in total. The molecule has 0 saturated heterocycles. The lowest BCUT2D eigenvalue weighted by molar-refractivity contribution is -0.145. The lowest BCUT2D eigenvalue weighted by Gasteiger charge is -2.34. The van der Waals surface area contributed by atoms with Gasteiger partial charge in [0.05, 0.1) is 42.0 Å². The molecule has 0 radical (unpaired) electrons. The van der Waals surface area contributed by atoms with Gasteiger partial charge in [-0.3, -0.25) is 15.1 Å². The Hall–Kier alpha value is -4.79. The number of imidazole rings is 1. The maximum Gasteiger partial charge on any atom is 0.418 e. The molecule has 0 spiro atoms. The van der Waals surface area contributed by atoms with E-state index < -0.39 is 23.6 Å². The average Bonchev–Trinajstić information content (AvgIpc) is 3.69. The SMILES string of the molecule is CCOC(=O)COc1ccc(C(=O)Nc2nc3nc(-c4cnc(C5CC5)c(C(F)(F)F)c4)cc(N(C)CC4(COC)CCCC4)c3[nH]2)nc1. The van der Waals surface area contributed by atoms with Gasteiger partial charge in [0.25, 0.3) is 5.91 Å². The zero-order valence-corrected chi connectivity index (χ0v) is 27.5. The monoisotopic (exact) mass is 681 g/mol. The number of methoxy groups -OCH3 is 1. The second-order valence-corrected chi connectivity index (χ2v) is 12.7. The number of pyridine rings is 3. The van der Waals surface area contributed by atoms with Crippen LogP contribution in [0.5, 0.6) is 5.75 Å². The van der Waals surface area contributed by atoms with Gasteiger partial charge in [-0.1, -0.05) is 12.8 Å². The molecule has 2 aliphatic rings. The number of esters is 1. The van der Waals surface area contributed by atoms with Crippen LogP contribution < -0.4 is 15.0 Å². The van der Waals surface area contributed by atoms with Crippen molar-refractivity contribution < 1.29 is 37.0 Å². The molecular formula is C34H38F3N7O5. The number of fused-ring (bicyclic) bond motifs is 1. The number of halogens is 3. The van der Waals surface area contributed by atoms with Gasteiger partial charge in [-0.25, -0.2) is 14.8 Å². The van der Waals surface area contributed by atoms with Crippen molar-refractivity contribution in [2.24, 2.45) is 5.41 Å². The van der Waals surface area contributed by atoms with E-state index in [0.717, 1.165) is 31.7 Å². The summed E-state index contributed by atoms with van der Waals surface area (Å²) in [6, 6.07) is 5.77. The number of nitrogens with zero attached hydrogens (tertiary/aromatic N) is 5. The first kappa shape index (κ1) is 34.1. The summed E-state index contributed by atoms with van der Waals surface area (Å²) >= 11 is 0. The average molecular weight is 682 g/mol. The zero-order valence-electron chi connectivity index (χ0n) is 27.5. The molecule has 2 saturated carbocycles. The molecular weight excluding hydrogens is 643 g/mol. The summed E-state index contributed by atoms with van der Waals surface area (Å²) in [5.41, 5.74) is 1.11. The maximum absolute atomic E-state index is 14.2. The van der Waals surface area contributed by atoms with E-state index in [-0.39, 0.29) is 64.5 Å². The van der Waals surface area contributed by atoms with Crippen molar-refractivity contribution in [3.05, 3.63) is 53.6 Å². The van der Waals surface area contributed by atoms with Gasteiger partial charge in [-0.2, -0.15) is 18.2 Å². The molecule has 2 fully saturated rings. The summed E-state index contributed by atoms with van der Waals surface area (Å²) in [7, 11) is 3.60. The fourth-order valence-corrected chi connectivity index (χ4v) is 6.49. The summed E-state index contributed by atoms with van der Waals surface area (Å²) in [5.74, 6) is -0.938. The predicted octanol–water partition coefficient (Wildman–Crippen LogP) is 6.15.